The summed E-state index contributed by atoms with van der Waals surface area (Å²) in [7, 11) is 4.73. The minimum atomic E-state index is -0.590. The molecular weight excluding hydrogens is 407 g/mol. The van der Waals surface area contributed by atoms with Gasteiger partial charge in [0.25, 0.3) is 0 Å². The molecule has 2 radical (unpaired) electrons. The zero-order chi connectivity index (χ0) is 9.84. The first-order valence-corrected chi connectivity index (χ1v) is 3.97. The average molecular weight is 416 g/mol. The Hall–Kier alpha value is -0.203. The molecule has 1 fully saturated rings. The van der Waals surface area contributed by atoms with Gasteiger partial charge >= 0.3 is 14.0 Å². The van der Waals surface area contributed by atoms with E-state index in [0.717, 1.165) is 12.5 Å². The molecule has 1 rings (SSSR count). The maximum atomic E-state index is 11.1. The van der Waals surface area contributed by atoms with Gasteiger partial charge in [-0.05, 0) is 12.8 Å². The summed E-state index contributed by atoms with van der Waals surface area (Å²) in [5, 5.41) is 0. The fraction of sp³-hybridized carbons (Fsp3) is 0.500. The van der Waals surface area contributed by atoms with Gasteiger partial charge in [0.15, 0.2) is 0 Å². The van der Waals surface area contributed by atoms with E-state index in [1.54, 1.807) is 0 Å². The van der Waals surface area contributed by atoms with E-state index < -0.39 is 12.0 Å². The molecule has 0 aromatic rings. The minimum absolute atomic E-state index is 0. The zero-order valence-electron chi connectivity index (χ0n) is 7.60. The predicted molar refractivity (Wildman–Crippen MR) is 45.5 cm³/mol. The van der Waals surface area contributed by atoms with E-state index in [1.807, 2.05) is 0 Å². The first kappa shape index (κ1) is 13.8. The fourth-order valence-electron chi connectivity index (χ4n) is 1.45. The fourth-order valence-corrected chi connectivity index (χ4v) is 1.45. The van der Waals surface area contributed by atoms with Crippen molar-refractivity contribution in [3.8, 4) is 0 Å². The molecule has 0 aromatic carbocycles. The van der Waals surface area contributed by atoms with Crippen LogP contribution in [0.5, 0.6) is 0 Å². The molecule has 0 N–H and O–H groups in total. The van der Waals surface area contributed by atoms with Crippen LogP contribution in [0.15, 0.2) is 6.08 Å². The van der Waals surface area contributed by atoms with Gasteiger partial charge in [-0.3, -0.25) is 11.4 Å². The second kappa shape index (κ2) is 6.31. The van der Waals surface area contributed by atoms with E-state index in [1.165, 1.54) is 4.90 Å². The number of hydrogen-bond donors (Lipinski definition) is 0. The van der Waals surface area contributed by atoms with Crippen LogP contribution >= 0.6 is 0 Å². The third-order valence-corrected chi connectivity index (χ3v) is 2.07. The van der Waals surface area contributed by atoms with Crippen LogP contribution in [-0.2, 0) is 14.2 Å². The average Bonchev–Trinajstić information content (AvgIpc) is 2.63. The minimum Gasteiger partial charge on any atom is -0.542 e. The van der Waals surface area contributed by atoms with Crippen molar-refractivity contribution in [2.45, 2.75) is 18.9 Å². The Balaban J connectivity index is 0.00000169. The monoisotopic (exact) mass is 416 g/mol. The maximum absolute atomic E-state index is 11.1. The third-order valence-electron chi connectivity index (χ3n) is 2.07. The SMILES string of the molecule is [B]OC(=O)C1CCCN1C(=O)C=[CH-].[U]. The van der Waals surface area contributed by atoms with Crippen LogP contribution in [0.2, 0.25) is 0 Å². The van der Waals surface area contributed by atoms with Gasteiger partial charge < -0.3 is 14.3 Å². The van der Waals surface area contributed by atoms with Crippen LogP contribution < -0.4 is 0 Å². The summed E-state index contributed by atoms with van der Waals surface area (Å²) in [6, 6.07) is -0.572. The summed E-state index contributed by atoms with van der Waals surface area (Å²) in [6.45, 7) is 5.58. The van der Waals surface area contributed by atoms with E-state index in [0.29, 0.717) is 13.0 Å². The topological polar surface area (TPSA) is 46.6 Å². The molecule has 1 atom stereocenters. The van der Waals surface area contributed by atoms with E-state index in [-0.39, 0.29) is 37.0 Å². The Morgan fingerprint density at radius 3 is 2.71 bits per heavy atom. The van der Waals surface area contributed by atoms with Crippen LogP contribution in [0, 0.1) is 37.7 Å². The zero-order valence-corrected chi connectivity index (χ0v) is 11.8. The van der Waals surface area contributed by atoms with Crippen molar-refractivity contribution in [2.24, 2.45) is 0 Å². The van der Waals surface area contributed by atoms with Gasteiger partial charge in [0.05, 0.1) is 5.91 Å². The normalized spacial score (nSPS) is 19.7. The molecule has 0 bridgehead atoms. The Kier molecular flexibility index (Phi) is 6.22. The van der Waals surface area contributed by atoms with Gasteiger partial charge in [-0.2, -0.15) is 6.08 Å². The summed E-state index contributed by atoms with van der Waals surface area (Å²) in [5.74, 6) is -0.958. The number of hydrogen-bond acceptors (Lipinski definition) is 3. The van der Waals surface area contributed by atoms with E-state index in [9.17, 15) is 9.59 Å². The Bertz CT molecular complexity index is 247. The van der Waals surface area contributed by atoms with Gasteiger partial charge in [0.2, 0.25) is 0 Å². The number of carbonyl (C=O) groups excluding carboxylic acids is 2. The molecule has 1 unspecified atom stereocenters. The number of nitrogens with zero attached hydrogens (tertiary/aromatic N) is 1. The standard InChI is InChI=1S/C8H9BNO3.U/c1-2-7(11)10-5-3-4-6(10)8(12)13-9;/h1-2,6H,3-5H2;/q-1;. The molecule has 1 amide bonds. The van der Waals surface area contributed by atoms with Crippen molar-refractivity contribution >= 4 is 19.9 Å². The van der Waals surface area contributed by atoms with E-state index in [2.05, 4.69) is 4.65 Å². The summed E-state index contributed by atoms with van der Waals surface area (Å²) >= 11 is 0. The molecule has 1 aliphatic heterocycles. The van der Waals surface area contributed by atoms with Crippen molar-refractivity contribution in [3.63, 3.8) is 0 Å². The van der Waals surface area contributed by atoms with Crippen molar-refractivity contribution in [1.82, 2.24) is 4.90 Å². The largest absolute Gasteiger partial charge is 0.542 e. The Morgan fingerprint density at radius 2 is 2.21 bits per heavy atom. The summed E-state index contributed by atoms with van der Waals surface area (Å²) in [5.41, 5.74) is 0. The van der Waals surface area contributed by atoms with Crippen molar-refractivity contribution < 1.29 is 45.4 Å². The van der Waals surface area contributed by atoms with Gasteiger partial charge in [0, 0.05) is 37.7 Å². The molecule has 72 valence electrons. The molecule has 1 aliphatic rings. The second-order valence-electron chi connectivity index (χ2n) is 2.79. The Labute approximate surface area is 108 Å². The molecule has 1 saturated heterocycles. The predicted octanol–water partition coefficient (Wildman–Crippen LogP) is -0.407. The first-order valence-electron chi connectivity index (χ1n) is 3.97. The molecule has 6 heteroatoms. The summed E-state index contributed by atoms with van der Waals surface area (Å²) in [6.07, 6.45) is 2.27. The van der Waals surface area contributed by atoms with Crippen molar-refractivity contribution in [3.05, 3.63) is 12.7 Å². The molecule has 0 spiro atoms. The van der Waals surface area contributed by atoms with E-state index >= 15 is 0 Å². The molecular formula is C8H9BNO3U-. The van der Waals surface area contributed by atoms with Crippen molar-refractivity contribution in [2.75, 3.05) is 6.54 Å². The molecule has 4 nitrogen and oxygen atoms in total. The summed E-state index contributed by atoms with van der Waals surface area (Å²) < 4.78 is 4.07. The maximum Gasteiger partial charge on any atom is 0.378 e. The van der Waals surface area contributed by atoms with Crippen LogP contribution in [0.1, 0.15) is 12.8 Å². The molecule has 0 aromatic heterocycles. The van der Waals surface area contributed by atoms with E-state index in [4.69, 9.17) is 14.6 Å². The van der Waals surface area contributed by atoms with Crippen LogP contribution in [-0.4, -0.2) is 37.4 Å². The molecule has 1 heterocycles. The molecule has 0 aliphatic carbocycles. The number of rotatable bonds is 2. The van der Waals surface area contributed by atoms with Crippen LogP contribution in [0.25, 0.3) is 0 Å². The van der Waals surface area contributed by atoms with Crippen LogP contribution in [0.3, 0.4) is 0 Å². The molecule has 14 heavy (non-hydrogen) atoms. The first-order chi connectivity index (χ1) is 6.20. The number of amides is 1. The van der Waals surface area contributed by atoms with Gasteiger partial charge in [-0.15, -0.1) is 0 Å². The number of likely N-dealkylation sites (tertiary alicyclic amines) is 1. The van der Waals surface area contributed by atoms with Crippen molar-refractivity contribution in [1.29, 1.82) is 0 Å². The second-order valence-corrected chi connectivity index (χ2v) is 2.79. The molecule has 0 saturated carbocycles. The number of carbonyl (C=O) groups is 2. The smallest absolute Gasteiger partial charge is 0.378 e. The van der Waals surface area contributed by atoms with Crippen LogP contribution in [0.4, 0.5) is 0 Å². The quantitative estimate of drug-likeness (QED) is 0.350. The van der Waals surface area contributed by atoms with Gasteiger partial charge in [-0.25, -0.2) is 0 Å². The van der Waals surface area contributed by atoms with Gasteiger partial charge in [-0.1, -0.05) is 0 Å². The Morgan fingerprint density at radius 1 is 1.57 bits per heavy atom. The third kappa shape index (κ3) is 2.89. The summed E-state index contributed by atoms with van der Waals surface area (Å²) in [4.78, 5) is 23.5. The van der Waals surface area contributed by atoms with Gasteiger partial charge in [0.1, 0.15) is 6.04 Å².